The van der Waals surface area contributed by atoms with Crippen LogP contribution in [0.25, 0.3) is 0 Å². The Bertz CT molecular complexity index is 753. The number of benzene rings is 1. The molecule has 1 amide bonds. The van der Waals surface area contributed by atoms with Crippen LogP contribution in [0.1, 0.15) is 56.6 Å². The summed E-state index contributed by atoms with van der Waals surface area (Å²) in [6.07, 6.45) is 6.33. The number of amides is 1. The molecule has 0 aromatic heterocycles. The zero-order valence-corrected chi connectivity index (χ0v) is 20.0. The topological polar surface area (TPSA) is 75.2 Å². The minimum absolute atomic E-state index is 0.218. The van der Waals surface area contributed by atoms with Gasteiger partial charge in [-0.25, -0.2) is 4.99 Å². The number of ether oxygens (including phenoxy) is 2. The van der Waals surface area contributed by atoms with Crippen LogP contribution in [0.4, 0.5) is 0 Å². The van der Waals surface area contributed by atoms with Crippen LogP contribution in [0.15, 0.2) is 29.3 Å². The lowest BCUT2D eigenvalue weighted by atomic mass is 9.84. The number of carbonyl (C=O) groups is 1. The number of aliphatic imine (C=N–C) groups is 1. The van der Waals surface area contributed by atoms with Crippen LogP contribution in [0.3, 0.4) is 0 Å². The molecule has 0 unspecified atom stereocenters. The highest BCUT2D eigenvalue weighted by Gasteiger charge is 2.42. The van der Waals surface area contributed by atoms with Crippen molar-refractivity contribution in [2.24, 2.45) is 10.4 Å². The standard InChI is InChI=1S/C25H40N4O3/c1-4-26-24(28-19-25(12-5-6-13-25)23(30)29(2)3)27-17-20-8-7-9-21(16-20)18-32-22-10-14-31-15-11-22/h7-9,16,22H,4-6,10-15,17-19H2,1-3H3,(H2,26,27,28). The minimum Gasteiger partial charge on any atom is -0.381 e. The zero-order chi connectivity index (χ0) is 22.8. The summed E-state index contributed by atoms with van der Waals surface area (Å²) in [6.45, 7) is 6.24. The van der Waals surface area contributed by atoms with Crippen LogP contribution in [0.2, 0.25) is 0 Å². The second kappa shape index (κ2) is 12.2. The molecule has 1 heterocycles. The molecule has 2 fully saturated rings. The third kappa shape index (κ3) is 6.94. The highest BCUT2D eigenvalue weighted by Crippen LogP contribution is 2.38. The zero-order valence-electron chi connectivity index (χ0n) is 20.0. The Hall–Kier alpha value is -2.12. The summed E-state index contributed by atoms with van der Waals surface area (Å²) >= 11 is 0. The van der Waals surface area contributed by atoms with Crippen molar-refractivity contribution in [3.05, 3.63) is 35.4 Å². The predicted molar refractivity (Wildman–Crippen MR) is 127 cm³/mol. The summed E-state index contributed by atoms with van der Waals surface area (Å²) in [7, 11) is 3.70. The predicted octanol–water partition coefficient (Wildman–Crippen LogP) is 3.09. The molecule has 0 spiro atoms. The van der Waals surface area contributed by atoms with Gasteiger partial charge in [0.1, 0.15) is 0 Å². The van der Waals surface area contributed by atoms with E-state index in [4.69, 9.17) is 14.5 Å². The van der Waals surface area contributed by atoms with Crippen LogP contribution in [0, 0.1) is 5.41 Å². The molecule has 1 saturated carbocycles. The Morgan fingerprint density at radius 1 is 1.19 bits per heavy atom. The van der Waals surface area contributed by atoms with E-state index in [1.54, 1.807) is 4.90 Å². The molecule has 1 aliphatic carbocycles. The number of rotatable bonds is 9. The fourth-order valence-electron chi connectivity index (χ4n) is 4.63. The number of guanidine groups is 1. The van der Waals surface area contributed by atoms with Gasteiger partial charge in [0, 0.05) is 40.4 Å². The van der Waals surface area contributed by atoms with E-state index in [0.717, 1.165) is 69.8 Å². The van der Waals surface area contributed by atoms with Gasteiger partial charge in [-0.2, -0.15) is 0 Å². The van der Waals surface area contributed by atoms with Gasteiger partial charge in [-0.05, 0) is 43.7 Å². The van der Waals surface area contributed by atoms with E-state index in [9.17, 15) is 4.79 Å². The van der Waals surface area contributed by atoms with Gasteiger partial charge >= 0.3 is 0 Å². The SMILES string of the molecule is CCNC(=NCc1cccc(COC2CCOCC2)c1)NCC1(C(=O)N(C)C)CCCC1. The molecule has 0 radical (unpaired) electrons. The lowest BCUT2D eigenvalue weighted by Gasteiger charge is -2.31. The second-order valence-corrected chi connectivity index (χ2v) is 9.18. The molecule has 32 heavy (non-hydrogen) atoms. The highest BCUT2D eigenvalue weighted by molar-refractivity contribution is 5.85. The Kier molecular flexibility index (Phi) is 9.36. The minimum atomic E-state index is -0.318. The molecule has 0 bridgehead atoms. The Morgan fingerprint density at radius 3 is 2.59 bits per heavy atom. The molecular weight excluding hydrogens is 404 g/mol. The molecule has 0 atom stereocenters. The normalized spacial score (nSPS) is 19.0. The van der Waals surface area contributed by atoms with Crippen molar-refractivity contribution in [3.8, 4) is 0 Å². The van der Waals surface area contributed by atoms with Crippen molar-refractivity contribution in [1.82, 2.24) is 15.5 Å². The third-order valence-electron chi connectivity index (χ3n) is 6.42. The molecule has 1 aromatic rings. The maximum atomic E-state index is 12.8. The van der Waals surface area contributed by atoms with Crippen LogP contribution in [-0.4, -0.2) is 63.3 Å². The summed E-state index contributed by atoms with van der Waals surface area (Å²) in [4.78, 5) is 19.3. The van der Waals surface area contributed by atoms with Gasteiger partial charge in [0.15, 0.2) is 5.96 Å². The van der Waals surface area contributed by atoms with E-state index < -0.39 is 0 Å². The van der Waals surface area contributed by atoms with E-state index in [2.05, 4.69) is 41.8 Å². The van der Waals surface area contributed by atoms with Gasteiger partial charge < -0.3 is 25.0 Å². The van der Waals surface area contributed by atoms with Crippen molar-refractivity contribution in [3.63, 3.8) is 0 Å². The lowest BCUT2D eigenvalue weighted by Crippen LogP contribution is -2.49. The van der Waals surface area contributed by atoms with Gasteiger partial charge in [-0.15, -0.1) is 0 Å². The van der Waals surface area contributed by atoms with Crippen molar-refractivity contribution in [1.29, 1.82) is 0 Å². The molecule has 1 aromatic carbocycles. The number of carbonyl (C=O) groups excluding carboxylic acids is 1. The fraction of sp³-hybridized carbons (Fsp3) is 0.680. The van der Waals surface area contributed by atoms with E-state index in [0.29, 0.717) is 25.8 Å². The Balaban J connectivity index is 1.57. The third-order valence-corrected chi connectivity index (χ3v) is 6.42. The van der Waals surface area contributed by atoms with Crippen LogP contribution in [0.5, 0.6) is 0 Å². The van der Waals surface area contributed by atoms with Crippen LogP contribution >= 0.6 is 0 Å². The molecule has 178 valence electrons. The average molecular weight is 445 g/mol. The van der Waals surface area contributed by atoms with Crippen molar-refractivity contribution in [2.45, 2.75) is 64.7 Å². The van der Waals surface area contributed by atoms with Crippen LogP contribution in [-0.2, 0) is 27.4 Å². The molecule has 7 heteroatoms. The van der Waals surface area contributed by atoms with E-state index >= 15 is 0 Å². The molecule has 1 saturated heterocycles. The molecule has 7 nitrogen and oxygen atoms in total. The van der Waals surface area contributed by atoms with Gasteiger partial charge in [-0.3, -0.25) is 4.79 Å². The Morgan fingerprint density at radius 2 is 1.91 bits per heavy atom. The summed E-state index contributed by atoms with van der Waals surface area (Å²) < 4.78 is 11.5. The monoisotopic (exact) mass is 444 g/mol. The number of nitrogens with zero attached hydrogens (tertiary/aromatic N) is 2. The largest absolute Gasteiger partial charge is 0.381 e. The first kappa shape index (κ1) is 24.5. The van der Waals surface area contributed by atoms with Gasteiger partial charge in [0.2, 0.25) is 5.91 Å². The van der Waals surface area contributed by atoms with Crippen molar-refractivity contribution < 1.29 is 14.3 Å². The van der Waals surface area contributed by atoms with Gasteiger partial charge in [0.05, 0.1) is 24.7 Å². The molecule has 1 aliphatic heterocycles. The second-order valence-electron chi connectivity index (χ2n) is 9.18. The Labute approximate surface area is 192 Å². The van der Waals surface area contributed by atoms with Gasteiger partial charge in [0.25, 0.3) is 0 Å². The lowest BCUT2D eigenvalue weighted by molar-refractivity contribution is -0.138. The summed E-state index contributed by atoms with van der Waals surface area (Å²) in [5.74, 6) is 0.977. The first-order valence-electron chi connectivity index (χ1n) is 12.0. The van der Waals surface area contributed by atoms with E-state index in [1.165, 1.54) is 5.56 Å². The number of hydrogen-bond acceptors (Lipinski definition) is 4. The van der Waals surface area contributed by atoms with Crippen molar-refractivity contribution in [2.75, 3.05) is 40.4 Å². The molecule has 2 aliphatic rings. The number of hydrogen-bond donors (Lipinski definition) is 2. The molecule has 2 N–H and O–H groups in total. The summed E-state index contributed by atoms with van der Waals surface area (Å²) in [5, 5.41) is 6.77. The number of nitrogens with one attached hydrogen (secondary N) is 2. The highest BCUT2D eigenvalue weighted by atomic mass is 16.5. The average Bonchev–Trinajstić information content (AvgIpc) is 3.30. The van der Waals surface area contributed by atoms with E-state index in [1.807, 2.05) is 14.1 Å². The van der Waals surface area contributed by atoms with Gasteiger partial charge in [-0.1, -0.05) is 37.1 Å². The smallest absolute Gasteiger partial charge is 0.230 e. The quantitative estimate of drug-likeness (QED) is 0.452. The fourth-order valence-corrected chi connectivity index (χ4v) is 4.63. The maximum absolute atomic E-state index is 12.8. The summed E-state index contributed by atoms with van der Waals surface area (Å²) in [5.41, 5.74) is 2.00. The first-order valence-corrected chi connectivity index (χ1v) is 12.0. The maximum Gasteiger partial charge on any atom is 0.230 e. The van der Waals surface area contributed by atoms with E-state index in [-0.39, 0.29) is 11.3 Å². The van der Waals surface area contributed by atoms with Crippen LogP contribution < -0.4 is 10.6 Å². The first-order chi connectivity index (χ1) is 15.5. The molecule has 3 rings (SSSR count). The molecular formula is C25H40N4O3. The summed E-state index contributed by atoms with van der Waals surface area (Å²) in [6, 6.07) is 8.43. The van der Waals surface area contributed by atoms with Crippen molar-refractivity contribution >= 4 is 11.9 Å².